The van der Waals surface area contributed by atoms with Crippen molar-refractivity contribution >= 4 is 5.91 Å². The van der Waals surface area contributed by atoms with Gasteiger partial charge >= 0.3 is 0 Å². The van der Waals surface area contributed by atoms with Crippen molar-refractivity contribution in [3.8, 4) is 0 Å². The van der Waals surface area contributed by atoms with E-state index in [1.54, 1.807) is 0 Å². The van der Waals surface area contributed by atoms with Crippen LogP contribution in [-0.2, 0) is 16.1 Å². The smallest absolute Gasteiger partial charge is 0.224 e. The molecule has 1 amide bonds. The number of amides is 1. The maximum absolute atomic E-state index is 13.0. The van der Waals surface area contributed by atoms with E-state index in [1.807, 2.05) is 12.1 Å². The van der Waals surface area contributed by atoms with Crippen molar-refractivity contribution in [2.75, 3.05) is 52.5 Å². The second-order valence-corrected chi connectivity index (χ2v) is 7.30. The maximum atomic E-state index is 13.0. The Kier molecular flexibility index (Phi) is 7.41. The van der Waals surface area contributed by atoms with E-state index in [2.05, 4.69) is 15.1 Å². The molecule has 0 spiro atoms. The second kappa shape index (κ2) is 10.00. The molecule has 144 valence electrons. The molecular formula is C20H30FN3O2. The zero-order valence-corrected chi connectivity index (χ0v) is 15.5. The van der Waals surface area contributed by atoms with Crippen LogP contribution in [0.4, 0.5) is 4.39 Å². The molecule has 5 nitrogen and oxygen atoms in total. The van der Waals surface area contributed by atoms with Crippen LogP contribution in [0.25, 0.3) is 0 Å². The SMILES string of the molecule is O=C(NCCCN1CCOCC1)[C@@H]1CCCN(Cc2ccc(F)cc2)C1. The molecule has 1 atom stereocenters. The number of carbonyl (C=O) groups excluding carboxylic acids is 1. The minimum Gasteiger partial charge on any atom is -0.379 e. The lowest BCUT2D eigenvalue weighted by atomic mass is 9.96. The summed E-state index contributed by atoms with van der Waals surface area (Å²) in [4.78, 5) is 17.2. The Morgan fingerprint density at radius 1 is 1.15 bits per heavy atom. The van der Waals surface area contributed by atoms with Crippen LogP contribution in [0.5, 0.6) is 0 Å². The molecule has 0 aromatic heterocycles. The summed E-state index contributed by atoms with van der Waals surface area (Å²) in [6, 6.07) is 6.64. The molecule has 0 bridgehead atoms. The molecule has 2 heterocycles. The van der Waals surface area contributed by atoms with Crippen molar-refractivity contribution in [1.82, 2.24) is 15.1 Å². The van der Waals surface area contributed by atoms with Gasteiger partial charge in [0.25, 0.3) is 0 Å². The van der Waals surface area contributed by atoms with Crippen LogP contribution in [0.1, 0.15) is 24.8 Å². The van der Waals surface area contributed by atoms with E-state index in [0.717, 1.165) is 83.9 Å². The van der Waals surface area contributed by atoms with Gasteiger partial charge in [0.15, 0.2) is 0 Å². The number of piperidine rings is 1. The minimum atomic E-state index is -0.207. The molecule has 26 heavy (non-hydrogen) atoms. The Labute approximate surface area is 155 Å². The zero-order chi connectivity index (χ0) is 18.2. The fourth-order valence-electron chi connectivity index (χ4n) is 3.74. The van der Waals surface area contributed by atoms with Gasteiger partial charge in [-0.3, -0.25) is 14.6 Å². The first-order valence-corrected chi connectivity index (χ1v) is 9.75. The van der Waals surface area contributed by atoms with Crippen LogP contribution in [0, 0.1) is 11.7 Å². The van der Waals surface area contributed by atoms with E-state index in [0.29, 0.717) is 0 Å². The molecule has 1 N–H and O–H groups in total. The highest BCUT2D eigenvalue weighted by atomic mass is 19.1. The highest BCUT2D eigenvalue weighted by molar-refractivity contribution is 5.78. The number of carbonyl (C=O) groups is 1. The summed E-state index contributed by atoms with van der Waals surface area (Å²) in [5, 5.41) is 3.11. The molecule has 1 aromatic carbocycles. The summed E-state index contributed by atoms with van der Waals surface area (Å²) in [6.07, 6.45) is 2.97. The third-order valence-corrected chi connectivity index (χ3v) is 5.25. The minimum absolute atomic E-state index is 0.0626. The third-order valence-electron chi connectivity index (χ3n) is 5.25. The quantitative estimate of drug-likeness (QED) is 0.752. The van der Waals surface area contributed by atoms with E-state index >= 15 is 0 Å². The van der Waals surface area contributed by atoms with Gasteiger partial charge in [0.2, 0.25) is 5.91 Å². The molecular weight excluding hydrogens is 333 g/mol. The van der Waals surface area contributed by atoms with E-state index in [-0.39, 0.29) is 17.6 Å². The van der Waals surface area contributed by atoms with Gasteiger partial charge in [-0.05, 0) is 50.0 Å². The summed E-state index contributed by atoms with van der Waals surface area (Å²) in [7, 11) is 0. The molecule has 1 aromatic rings. The number of hydrogen-bond donors (Lipinski definition) is 1. The van der Waals surface area contributed by atoms with Crippen molar-refractivity contribution in [2.24, 2.45) is 5.92 Å². The summed E-state index contributed by atoms with van der Waals surface area (Å²) in [6.45, 7) is 7.95. The largest absolute Gasteiger partial charge is 0.379 e. The Hall–Kier alpha value is -1.50. The number of hydrogen-bond acceptors (Lipinski definition) is 4. The van der Waals surface area contributed by atoms with Crippen LogP contribution in [0.15, 0.2) is 24.3 Å². The van der Waals surface area contributed by atoms with Crippen molar-refractivity contribution < 1.29 is 13.9 Å². The number of rotatable bonds is 7. The molecule has 2 fully saturated rings. The standard InChI is InChI=1S/C20H30FN3O2/c21-19-6-4-17(5-7-19)15-24-9-1-3-18(16-24)20(25)22-8-2-10-23-11-13-26-14-12-23/h4-7,18H,1-3,8-16H2,(H,22,25)/t18-/m1/s1. The van der Waals surface area contributed by atoms with Crippen LogP contribution in [0.3, 0.4) is 0 Å². The molecule has 2 aliphatic rings. The predicted molar refractivity (Wildman–Crippen MR) is 99.3 cm³/mol. The summed E-state index contributed by atoms with van der Waals surface area (Å²) < 4.78 is 18.4. The topological polar surface area (TPSA) is 44.8 Å². The summed E-state index contributed by atoms with van der Waals surface area (Å²) >= 11 is 0. The zero-order valence-electron chi connectivity index (χ0n) is 15.5. The molecule has 2 saturated heterocycles. The Morgan fingerprint density at radius 3 is 2.69 bits per heavy atom. The van der Waals surface area contributed by atoms with Gasteiger partial charge in [0.1, 0.15) is 5.82 Å². The van der Waals surface area contributed by atoms with Gasteiger partial charge in [-0.15, -0.1) is 0 Å². The Bertz CT molecular complexity index is 561. The van der Waals surface area contributed by atoms with Crippen LogP contribution in [0.2, 0.25) is 0 Å². The van der Waals surface area contributed by atoms with Gasteiger partial charge in [-0.2, -0.15) is 0 Å². The number of halogens is 1. The molecule has 0 aliphatic carbocycles. The van der Waals surface area contributed by atoms with Crippen molar-refractivity contribution in [2.45, 2.75) is 25.8 Å². The number of benzene rings is 1. The number of nitrogens with zero attached hydrogens (tertiary/aromatic N) is 2. The van der Waals surface area contributed by atoms with Gasteiger partial charge in [0.05, 0.1) is 19.1 Å². The Morgan fingerprint density at radius 2 is 1.92 bits per heavy atom. The fourth-order valence-corrected chi connectivity index (χ4v) is 3.74. The lowest BCUT2D eigenvalue weighted by Crippen LogP contribution is -2.43. The molecule has 0 unspecified atom stereocenters. The van der Waals surface area contributed by atoms with Gasteiger partial charge < -0.3 is 10.1 Å². The third kappa shape index (κ3) is 6.04. The van der Waals surface area contributed by atoms with Crippen LogP contribution >= 0.6 is 0 Å². The highest BCUT2D eigenvalue weighted by Gasteiger charge is 2.25. The van der Waals surface area contributed by atoms with E-state index in [4.69, 9.17) is 4.74 Å². The lowest BCUT2D eigenvalue weighted by Gasteiger charge is -2.32. The first-order chi connectivity index (χ1) is 12.7. The maximum Gasteiger partial charge on any atom is 0.224 e. The van der Waals surface area contributed by atoms with Gasteiger partial charge in [-0.1, -0.05) is 12.1 Å². The fraction of sp³-hybridized carbons (Fsp3) is 0.650. The number of nitrogens with one attached hydrogen (secondary N) is 1. The van der Waals surface area contributed by atoms with Crippen molar-refractivity contribution in [1.29, 1.82) is 0 Å². The van der Waals surface area contributed by atoms with Crippen LogP contribution in [-0.4, -0.2) is 68.2 Å². The lowest BCUT2D eigenvalue weighted by molar-refractivity contribution is -0.126. The number of likely N-dealkylation sites (tertiary alicyclic amines) is 1. The average Bonchev–Trinajstić information content (AvgIpc) is 2.68. The molecule has 6 heteroatoms. The first-order valence-electron chi connectivity index (χ1n) is 9.75. The molecule has 0 radical (unpaired) electrons. The van der Waals surface area contributed by atoms with E-state index in [1.165, 1.54) is 12.1 Å². The highest BCUT2D eigenvalue weighted by Crippen LogP contribution is 2.19. The van der Waals surface area contributed by atoms with Crippen molar-refractivity contribution in [3.63, 3.8) is 0 Å². The van der Waals surface area contributed by atoms with E-state index < -0.39 is 0 Å². The monoisotopic (exact) mass is 363 g/mol. The average molecular weight is 363 g/mol. The van der Waals surface area contributed by atoms with Crippen LogP contribution < -0.4 is 5.32 Å². The van der Waals surface area contributed by atoms with Gasteiger partial charge in [-0.25, -0.2) is 4.39 Å². The Balaban J connectivity index is 1.36. The summed E-state index contributed by atoms with van der Waals surface area (Å²) in [5.74, 6) is 0.0325. The second-order valence-electron chi connectivity index (χ2n) is 7.30. The number of ether oxygens (including phenoxy) is 1. The van der Waals surface area contributed by atoms with Gasteiger partial charge in [0, 0.05) is 32.7 Å². The molecule has 0 saturated carbocycles. The van der Waals surface area contributed by atoms with Crippen molar-refractivity contribution in [3.05, 3.63) is 35.6 Å². The first kappa shape index (κ1) is 19.3. The normalized spacial score (nSPS) is 22.3. The number of morpholine rings is 1. The van der Waals surface area contributed by atoms with E-state index in [9.17, 15) is 9.18 Å². The molecule has 2 aliphatic heterocycles. The predicted octanol–water partition coefficient (Wildman–Crippen LogP) is 1.88. The molecule has 3 rings (SSSR count). The summed E-state index contributed by atoms with van der Waals surface area (Å²) in [5.41, 5.74) is 1.10.